The molecule has 0 unspecified atom stereocenters. The van der Waals surface area contributed by atoms with Crippen molar-refractivity contribution in [3.05, 3.63) is 47.5 Å². The second-order valence-electron chi connectivity index (χ2n) is 6.69. The average Bonchev–Trinajstić information content (AvgIpc) is 3.08. The number of fused-ring (bicyclic) bond motifs is 2. The number of nitrogens with zero attached hydrogens (tertiary/aromatic N) is 3. The smallest absolute Gasteiger partial charge is 0.234 e. The van der Waals surface area contributed by atoms with E-state index in [0.29, 0.717) is 6.54 Å². The minimum atomic E-state index is 0.0705. The molecule has 0 bridgehead atoms. The van der Waals surface area contributed by atoms with Gasteiger partial charge in [-0.25, -0.2) is 9.67 Å². The van der Waals surface area contributed by atoms with Crippen molar-refractivity contribution < 1.29 is 4.79 Å². The van der Waals surface area contributed by atoms with Crippen LogP contribution in [0, 0.1) is 0 Å². The van der Waals surface area contributed by atoms with Crippen LogP contribution in [0.4, 0.5) is 0 Å². The molecule has 0 saturated heterocycles. The number of carbonyl (C=O) groups is 1. The number of hydrogen-bond donors (Lipinski definition) is 2. The zero-order valence-electron chi connectivity index (χ0n) is 13.7. The van der Waals surface area contributed by atoms with E-state index in [2.05, 4.69) is 45.0 Å². The maximum Gasteiger partial charge on any atom is 0.234 e. The molecule has 24 heavy (non-hydrogen) atoms. The fourth-order valence-corrected chi connectivity index (χ4v) is 3.79. The van der Waals surface area contributed by atoms with Crippen molar-refractivity contribution in [2.45, 2.75) is 50.7 Å². The van der Waals surface area contributed by atoms with Gasteiger partial charge in [0.05, 0.1) is 19.1 Å². The van der Waals surface area contributed by atoms with Gasteiger partial charge in [-0.2, -0.15) is 5.10 Å². The van der Waals surface area contributed by atoms with Crippen LogP contribution in [-0.2, 0) is 24.2 Å². The Morgan fingerprint density at radius 2 is 2.17 bits per heavy atom. The summed E-state index contributed by atoms with van der Waals surface area (Å²) in [6.07, 6.45) is 6.78. The van der Waals surface area contributed by atoms with Crippen molar-refractivity contribution in [3.63, 3.8) is 0 Å². The number of rotatable bonds is 4. The van der Waals surface area contributed by atoms with Crippen LogP contribution in [0.25, 0.3) is 0 Å². The molecule has 2 aromatic rings. The number of benzene rings is 1. The Morgan fingerprint density at radius 1 is 1.25 bits per heavy atom. The molecule has 0 fully saturated rings. The van der Waals surface area contributed by atoms with Crippen molar-refractivity contribution in [2.24, 2.45) is 0 Å². The van der Waals surface area contributed by atoms with E-state index in [1.807, 2.05) is 4.68 Å². The SMILES string of the molecule is O=C(CN[C@H]1CCc2ncnn2C1)N[C@H]1CCCc2ccccc21. The highest BCUT2D eigenvalue weighted by Crippen LogP contribution is 2.29. The first-order valence-corrected chi connectivity index (χ1v) is 8.77. The molecule has 6 nitrogen and oxygen atoms in total. The minimum Gasteiger partial charge on any atom is -0.348 e. The zero-order valence-corrected chi connectivity index (χ0v) is 13.7. The minimum absolute atomic E-state index is 0.0705. The standard InChI is InChI=1S/C18H23N5O/c24-18(10-19-14-8-9-17-20-12-21-23(17)11-14)22-16-7-3-5-13-4-1-2-6-15(13)16/h1-2,4,6,12,14,16,19H,3,5,7-11H2,(H,22,24)/t14-,16-/m0/s1. The van der Waals surface area contributed by atoms with Crippen molar-refractivity contribution in [3.8, 4) is 0 Å². The number of amides is 1. The van der Waals surface area contributed by atoms with Crippen molar-refractivity contribution in [1.29, 1.82) is 0 Å². The molecule has 2 heterocycles. The van der Waals surface area contributed by atoms with E-state index >= 15 is 0 Å². The number of carbonyl (C=O) groups excluding carboxylic acids is 1. The molecule has 6 heteroatoms. The Morgan fingerprint density at radius 3 is 3.12 bits per heavy atom. The Kier molecular flexibility index (Phi) is 4.30. The van der Waals surface area contributed by atoms with Gasteiger partial charge in [0.1, 0.15) is 12.2 Å². The van der Waals surface area contributed by atoms with Gasteiger partial charge in [-0.15, -0.1) is 0 Å². The summed E-state index contributed by atoms with van der Waals surface area (Å²) >= 11 is 0. The second-order valence-corrected chi connectivity index (χ2v) is 6.69. The van der Waals surface area contributed by atoms with Crippen LogP contribution >= 0.6 is 0 Å². The molecule has 1 aliphatic heterocycles. The van der Waals surface area contributed by atoms with Gasteiger partial charge in [-0.05, 0) is 36.8 Å². The molecule has 0 spiro atoms. The van der Waals surface area contributed by atoms with Gasteiger partial charge >= 0.3 is 0 Å². The summed E-state index contributed by atoms with van der Waals surface area (Å²) in [5.74, 6) is 1.11. The lowest BCUT2D eigenvalue weighted by molar-refractivity contribution is -0.121. The Balaban J connectivity index is 1.30. The molecule has 2 N–H and O–H groups in total. The maximum absolute atomic E-state index is 12.4. The van der Waals surface area contributed by atoms with Crippen LogP contribution in [0.5, 0.6) is 0 Å². The molecule has 126 valence electrons. The van der Waals surface area contributed by atoms with Crippen molar-refractivity contribution in [1.82, 2.24) is 25.4 Å². The van der Waals surface area contributed by atoms with Gasteiger partial charge in [-0.3, -0.25) is 4.79 Å². The van der Waals surface area contributed by atoms with E-state index in [1.165, 1.54) is 11.1 Å². The van der Waals surface area contributed by atoms with E-state index in [1.54, 1.807) is 6.33 Å². The van der Waals surface area contributed by atoms with Gasteiger partial charge in [0, 0.05) is 12.5 Å². The Labute approximate surface area is 141 Å². The maximum atomic E-state index is 12.4. The Hall–Kier alpha value is -2.21. The molecule has 2 aliphatic rings. The molecule has 2 atom stereocenters. The largest absolute Gasteiger partial charge is 0.348 e. The lowest BCUT2D eigenvalue weighted by Gasteiger charge is -2.27. The monoisotopic (exact) mass is 325 g/mol. The average molecular weight is 325 g/mol. The van der Waals surface area contributed by atoms with E-state index in [4.69, 9.17) is 0 Å². The summed E-state index contributed by atoms with van der Waals surface area (Å²) in [5, 5.41) is 10.8. The predicted molar refractivity (Wildman–Crippen MR) is 90.4 cm³/mol. The highest BCUT2D eigenvalue weighted by Gasteiger charge is 2.23. The fraction of sp³-hybridized carbons (Fsp3) is 0.500. The molecule has 0 radical (unpaired) electrons. The lowest BCUT2D eigenvalue weighted by atomic mass is 9.88. The quantitative estimate of drug-likeness (QED) is 0.891. The third-order valence-electron chi connectivity index (χ3n) is 5.06. The lowest BCUT2D eigenvalue weighted by Crippen LogP contribution is -2.44. The van der Waals surface area contributed by atoms with E-state index in [9.17, 15) is 4.79 Å². The number of aromatic nitrogens is 3. The highest BCUT2D eigenvalue weighted by molar-refractivity contribution is 5.78. The first-order valence-electron chi connectivity index (χ1n) is 8.77. The van der Waals surface area contributed by atoms with Gasteiger partial charge in [0.25, 0.3) is 0 Å². The van der Waals surface area contributed by atoms with Crippen molar-refractivity contribution >= 4 is 5.91 Å². The third-order valence-corrected chi connectivity index (χ3v) is 5.06. The van der Waals surface area contributed by atoms with Gasteiger partial charge in [0.2, 0.25) is 5.91 Å². The van der Waals surface area contributed by atoms with Crippen LogP contribution in [0.2, 0.25) is 0 Å². The molecule has 1 amide bonds. The zero-order chi connectivity index (χ0) is 16.4. The first kappa shape index (κ1) is 15.3. The number of hydrogen-bond acceptors (Lipinski definition) is 4. The fourth-order valence-electron chi connectivity index (χ4n) is 3.79. The highest BCUT2D eigenvalue weighted by atomic mass is 16.2. The molecule has 4 rings (SSSR count). The van der Waals surface area contributed by atoms with Gasteiger partial charge in [0.15, 0.2) is 0 Å². The van der Waals surface area contributed by atoms with Crippen molar-refractivity contribution in [2.75, 3.05) is 6.54 Å². The summed E-state index contributed by atoms with van der Waals surface area (Å²) in [4.78, 5) is 16.6. The topological polar surface area (TPSA) is 71.8 Å². The molecular weight excluding hydrogens is 302 g/mol. The second kappa shape index (κ2) is 6.73. The summed E-state index contributed by atoms with van der Waals surface area (Å²) in [6, 6.07) is 8.87. The molecular formula is C18H23N5O. The van der Waals surface area contributed by atoms with Gasteiger partial charge in [-0.1, -0.05) is 24.3 Å². The van der Waals surface area contributed by atoms with E-state index in [0.717, 1.165) is 44.5 Å². The predicted octanol–water partition coefficient (Wildman–Crippen LogP) is 1.38. The van der Waals surface area contributed by atoms with Crippen LogP contribution in [0.15, 0.2) is 30.6 Å². The summed E-state index contributed by atoms with van der Waals surface area (Å²) in [6.45, 7) is 1.14. The number of nitrogens with one attached hydrogen (secondary N) is 2. The van der Waals surface area contributed by atoms with Crippen LogP contribution < -0.4 is 10.6 Å². The third kappa shape index (κ3) is 3.19. The summed E-state index contributed by atoms with van der Waals surface area (Å²) in [5.41, 5.74) is 2.65. The molecule has 1 aromatic carbocycles. The summed E-state index contributed by atoms with van der Waals surface area (Å²) in [7, 11) is 0. The van der Waals surface area contributed by atoms with E-state index < -0.39 is 0 Å². The first-order chi connectivity index (χ1) is 11.8. The Bertz CT molecular complexity index is 726. The number of aryl methyl sites for hydroxylation is 2. The van der Waals surface area contributed by atoms with Gasteiger partial charge < -0.3 is 10.6 Å². The van der Waals surface area contributed by atoms with Crippen LogP contribution in [-0.4, -0.2) is 33.3 Å². The van der Waals surface area contributed by atoms with Crippen LogP contribution in [0.3, 0.4) is 0 Å². The molecule has 1 aliphatic carbocycles. The van der Waals surface area contributed by atoms with E-state index in [-0.39, 0.29) is 18.0 Å². The molecule has 1 aromatic heterocycles. The normalized spacial score (nSPS) is 22.5. The molecule has 0 saturated carbocycles. The summed E-state index contributed by atoms with van der Waals surface area (Å²) < 4.78 is 1.93. The van der Waals surface area contributed by atoms with Crippen LogP contribution in [0.1, 0.15) is 42.3 Å².